The summed E-state index contributed by atoms with van der Waals surface area (Å²) in [7, 11) is 1.61. The number of hydrogen-bond donors (Lipinski definition) is 1. The van der Waals surface area contributed by atoms with Crippen LogP contribution >= 0.6 is 0 Å². The number of anilines is 1. The standard InChI is InChI=1S/C12H13NO5/c1-13-10-6-9(17-5-4-11(14)15)3-2-8(10)7-18-12(13)16/h2-3,6H,4-5,7H2,1H3,(H,14,15). The molecular weight excluding hydrogens is 238 g/mol. The number of carbonyl (C=O) groups excluding carboxylic acids is 1. The summed E-state index contributed by atoms with van der Waals surface area (Å²) in [4.78, 5) is 23.1. The van der Waals surface area contributed by atoms with Crippen LogP contribution in [0.5, 0.6) is 5.75 Å². The molecule has 1 heterocycles. The smallest absolute Gasteiger partial charge is 0.414 e. The van der Waals surface area contributed by atoms with Gasteiger partial charge in [0.15, 0.2) is 0 Å². The third kappa shape index (κ3) is 2.53. The second kappa shape index (κ2) is 4.95. The number of carboxylic acids is 1. The highest BCUT2D eigenvalue weighted by Crippen LogP contribution is 2.29. The van der Waals surface area contributed by atoms with Crippen molar-refractivity contribution in [3.63, 3.8) is 0 Å². The number of carboxylic acid groups (broad SMARTS) is 1. The molecule has 0 unspecified atom stereocenters. The molecule has 1 N–H and O–H groups in total. The van der Waals surface area contributed by atoms with Crippen LogP contribution in [0, 0.1) is 0 Å². The molecule has 2 rings (SSSR count). The largest absolute Gasteiger partial charge is 0.493 e. The summed E-state index contributed by atoms with van der Waals surface area (Å²) in [5.41, 5.74) is 1.61. The van der Waals surface area contributed by atoms with E-state index in [1.807, 2.05) is 0 Å². The van der Waals surface area contributed by atoms with Gasteiger partial charge in [-0.25, -0.2) is 4.79 Å². The van der Waals surface area contributed by atoms with Gasteiger partial charge in [0, 0.05) is 18.7 Å². The van der Waals surface area contributed by atoms with E-state index in [1.165, 1.54) is 4.90 Å². The van der Waals surface area contributed by atoms with Crippen molar-refractivity contribution in [3.8, 4) is 5.75 Å². The van der Waals surface area contributed by atoms with Crippen molar-refractivity contribution in [2.45, 2.75) is 13.0 Å². The van der Waals surface area contributed by atoms with Crippen molar-refractivity contribution in [3.05, 3.63) is 23.8 Å². The number of fused-ring (bicyclic) bond motifs is 1. The van der Waals surface area contributed by atoms with E-state index in [4.69, 9.17) is 14.6 Å². The first-order chi connectivity index (χ1) is 8.58. The zero-order chi connectivity index (χ0) is 13.1. The Morgan fingerprint density at radius 3 is 3.06 bits per heavy atom. The first-order valence-corrected chi connectivity index (χ1v) is 5.46. The molecule has 1 amide bonds. The number of carbonyl (C=O) groups is 2. The van der Waals surface area contributed by atoms with Gasteiger partial charge in [-0.05, 0) is 12.1 Å². The van der Waals surface area contributed by atoms with E-state index in [1.54, 1.807) is 25.2 Å². The maximum absolute atomic E-state index is 11.4. The van der Waals surface area contributed by atoms with Gasteiger partial charge >= 0.3 is 12.1 Å². The molecule has 0 spiro atoms. The molecule has 0 aromatic heterocycles. The van der Waals surface area contributed by atoms with Crippen LogP contribution < -0.4 is 9.64 Å². The first kappa shape index (κ1) is 12.2. The maximum atomic E-state index is 11.4. The van der Waals surface area contributed by atoms with Crippen LogP contribution in [-0.2, 0) is 16.1 Å². The maximum Gasteiger partial charge on any atom is 0.414 e. The Kier molecular flexibility index (Phi) is 3.36. The van der Waals surface area contributed by atoms with Crippen molar-refractivity contribution in [1.82, 2.24) is 0 Å². The third-order valence-electron chi connectivity index (χ3n) is 2.63. The molecule has 1 aromatic carbocycles. The number of nitrogens with zero attached hydrogens (tertiary/aromatic N) is 1. The monoisotopic (exact) mass is 251 g/mol. The molecule has 0 radical (unpaired) electrons. The molecule has 0 atom stereocenters. The predicted molar refractivity (Wildman–Crippen MR) is 62.8 cm³/mol. The van der Waals surface area contributed by atoms with Crippen LogP contribution in [0.25, 0.3) is 0 Å². The molecule has 0 bridgehead atoms. The van der Waals surface area contributed by atoms with E-state index in [0.717, 1.165) is 11.3 Å². The molecule has 0 saturated carbocycles. The van der Waals surface area contributed by atoms with Crippen molar-refractivity contribution in [2.24, 2.45) is 0 Å². The first-order valence-electron chi connectivity index (χ1n) is 5.46. The van der Waals surface area contributed by atoms with E-state index < -0.39 is 12.1 Å². The Hall–Kier alpha value is -2.24. The zero-order valence-electron chi connectivity index (χ0n) is 9.88. The normalized spacial score (nSPS) is 13.8. The molecule has 1 aliphatic rings. The SMILES string of the molecule is CN1C(=O)OCc2ccc(OCCC(=O)O)cc21. The topological polar surface area (TPSA) is 76.1 Å². The van der Waals surface area contributed by atoms with Gasteiger partial charge in [0.2, 0.25) is 0 Å². The van der Waals surface area contributed by atoms with Crippen LogP contribution in [0.1, 0.15) is 12.0 Å². The zero-order valence-corrected chi connectivity index (χ0v) is 9.88. The minimum absolute atomic E-state index is 0.0605. The van der Waals surface area contributed by atoms with Gasteiger partial charge in [0.25, 0.3) is 0 Å². The van der Waals surface area contributed by atoms with Crippen molar-refractivity contribution in [1.29, 1.82) is 0 Å². The fourth-order valence-corrected chi connectivity index (χ4v) is 1.66. The van der Waals surface area contributed by atoms with Gasteiger partial charge in [0.1, 0.15) is 12.4 Å². The number of aliphatic carboxylic acids is 1. The lowest BCUT2D eigenvalue weighted by molar-refractivity contribution is -0.137. The summed E-state index contributed by atoms with van der Waals surface area (Å²) in [6, 6.07) is 5.24. The molecule has 1 aromatic rings. The fraction of sp³-hybridized carbons (Fsp3) is 0.333. The summed E-state index contributed by atoms with van der Waals surface area (Å²) in [5.74, 6) is -0.370. The number of cyclic esters (lactones) is 1. The van der Waals surface area contributed by atoms with Crippen molar-refractivity contribution >= 4 is 17.7 Å². The summed E-state index contributed by atoms with van der Waals surface area (Å²) in [6.07, 6.45) is -0.472. The molecule has 6 nitrogen and oxygen atoms in total. The molecule has 96 valence electrons. The third-order valence-corrected chi connectivity index (χ3v) is 2.63. The number of hydrogen-bond acceptors (Lipinski definition) is 4. The minimum atomic E-state index is -0.909. The highest BCUT2D eigenvalue weighted by Gasteiger charge is 2.22. The number of rotatable bonds is 4. The van der Waals surface area contributed by atoms with Crippen LogP contribution in [0.15, 0.2) is 18.2 Å². The number of ether oxygens (including phenoxy) is 2. The van der Waals surface area contributed by atoms with Crippen LogP contribution in [0.3, 0.4) is 0 Å². The van der Waals surface area contributed by atoms with Gasteiger partial charge in [-0.3, -0.25) is 9.69 Å². The van der Waals surface area contributed by atoms with Gasteiger partial charge in [-0.2, -0.15) is 0 Å². The molecule has 1 aliphatic heterocycles. The molecule has 6 heteroatoms. The van der Waals surface area contributed by atoms with Gasteiger partial charge in [0.05, 0.1) is 18.7 Å². The second-order valence-corrected chi connectivity index (χ2v) is 3.90. The van der Waals surface area contributed by atoms with Crippen molar-refractivity contribution in [2.75, 3.05) is 18.6 Å². The van der Waals surface area contributed by atoms with E-state index in [0.29, 0.717) is 5.75 Å². The van der Waals surface area contributed by atoms with Crippen LogP contribution in [-0.4, -0.2) is 30.8 Å². The van der Waals surface area contributed by atoms with E-state index in [-0.39, 0.29) is 19.6 Å². The minimum Gasteiger partial charge on any atom is -0.493 e. The van der Waals surface area contributed by atoms with Gasteiger partial charge < -0.3 is 14.6 Å². The Morgan fingerprint density at radius 2 is 2.33 bits per heavy atom. The van der Waals surface area contributed by atoms with E-state index in [2.05, 4.69) is 0 Å². The quantitative estimate of drug-likeness (QED) is 0.880. The summed E-state index contributed by atoms with van der Waals surface area (Å²) >= 11 is 0. The Bertz CT molecular complexity index is 485. The molecule has 0 aliphatic carbocycles. The average Bonchev–Trinajstić information content (AvgIpc) is 2.34. The fourth-order valence-electron chi connectivity index (χ4n) is 1.66. The van der Waals surface area contributed by atoms with Crippen molar-refractivity contribution < 1.29 is 24.2 Å². The van der Waals surface area contributed by atoms with Gasteiger partial charge in [-0.15, -0.1) is 0 Å². The molecule has 0 fully saturated rings. The lowest BCUT2D eigenvalue weighted by Gasteiger charge is -2.25. The van der Waals surface area contributed by atoms with Crippen LogP contribution in [0.2, 0.25) is 0 Å². The summed E-state index contributed by atoms with van der Waals surface area (Å²) < 4.78 is 10.2. The van der Waals surface area contributed by atoms with Gasteiger partial charge in [-0.1, -0.05) is 0 Å². The lowest BCUT2D eigenvalue weighted by atomic mass is 10.1. The summed E-state index contributed by atoms with van der Waals surface area (Å²) in [6.45, 7) is 0.343. The van der Waals surface area contributed by atoms with E-state index >= 15 is 0 Å². The Labute approximate surface area is 104 Å². The number of amides is 1. The van der Waals surface area contributed by atoms with E-state index in [9.17, 15) is 9.59 Å². The van der Waals surface area contributed by atoms with Crippen LogP contribution in [0.4, 0.5) is 10.5 Å². The number of benzene rings is 1. The Balaban J connectivity index is 2.11. The molecular formula is C12H13NO5. The molecule has 18 heavy (non-hydrogen) atoms. The highest BCUT2D eigenvalue weighted by atomic mass is 16.6. The molecule has 0 saturated heterocycles. The Morgan fingerprint density at radius 1 is 1.56 bits per heavy atom. The average molecular weight is 251 g/mol. The predicted octanol–water partition coefficient (Wildman–Crippen LogP) is 1.63. The summed E-state index contributed by atoms with van der Waals surface area (Å²) in [5, 5.41) is 8.51. The lowest BCUT2D eigenvalue weighted by Crippen LogP contribution is -2.31. The highest BCUT2D eigenvalue weighted by molar-refractivity contribution is 5.90. The second-order valence-electron chi connectivity index (χ2n) is 3.90.